The molecule has 3 heteroatoms. The molecule has 18 heavy (non-hydrogen) atoms. The zero-order valence-corrected chi connectivity index (χ0v) is 9.84. The van der Waals surface area contributed by atoms with Crippen molar-refractivity contribution in [2.45, 2.75) is 13.0 Å². The second-order valence-corrected chi connectivity index (χ2v) is 3.87. The molecule has 0 aliphatic carbocycles. The van der Waals surface area contributed by atoms with Gasteiger partial charge in [-0.25, -0.2) is 0 Å². The fourth-order valence-electron chi connectivity index (χ4n) is 1.65. The Balaban J connectivity index is 2.10. The summed E-state index contributed by atoms with van der Waals surface area (Å²) >= 11 is 0. The minimum atomic E-state index is 0.0509. The van der Waals surface area contributed by atoms with Gasteiger partial charge < -0.3 is 9.84 Å². The van der Waals surface area contributed by atoms with E-state index >= 15 is 0 Å². The third kappa shape index (κ3) is 2.80. The van der Waals surface area contributed by atoms with Crippen LogP contribution >= 0.6 is 0 Å². The van der Waals surface area contributed by atoms with Gasteiger partial charge in [0.15, 0.2) is 11.5 Å². The number of hydrogen-bond acceptors (Lipinski definition) is 3. The van der Waals surface area contributed by atoms with Crippen LogP contribution in [0.5, 0.6) is 11.5 Å². The van der Waals surface area contributed by atoms with Crippen molar-refractivity contribution in [2.75, 3.05) is 0 Å². The van der Waals surface area contributed by atoms with Crippen molar-refractivity contribution in [1.29, 1.82) is 5.26 Å². The summed E-state index contributed by atoms with van der Waals surface area (Å²) in [5.74, 6) is 0.460. The van der Waals surface area contributed by atoms with E-state index in [0.29, 0.717) is 17.9 Å². The average molecular weight is 239 g/mol. The summed E-state index contributed by atoms with van der Waals surface area (Å²) in [6.45, 7) is 0.393. The molecule has 2 aromatic carbocycles. The van der Waals surface area contributed by atoms with Crippen LogP contribution in [-0.2, 0) is 13.0 Å². The molecule has 2 rings (SSSR count). The van der Waals surface area contributed by atoms with Gasteiger partial charge in [-0.05, 0) is 11.6 Å². The second-order valence-electron chi connectivity index (χ2n) is 3.87. The van der Waals surface area contributed by atoms with E-state index in [0.717, 1.165) is 5.56 Å². The van der Waals surface area contributed by atoms with Crippen molar-refractivity contribution < 1.29 is 9.84 Å². The van der Waals surface area contributed by atoms with Gasteiger partial charge in [0.2, 0.25) is 0 Å². The third-order valence-electron chi connectivity index (χ3n) is 2.59. The first kappa shape index (κ1) is 12.0. The summed E-state index contributed by atoms with van der Waals surface area (Å²) in [4.78, 5) is 0. The summed E-state index contributed by atoms with van der Waals surface area (Å²) in [5, 5.41) is 18.6. The number of aromatic hydroxyl groups is 1. The average Bonchev–Trinajstić information content (AvgIpc) is 2.41. The molecule has 90 valence electrons. The van der Waals surface area contributed by atoms with E-state index in [2.05, 4.69) is 0 Å². The van der Waals surface area contributed by atoms with Gasteiger partial charge >= 0.3 is 0 Å². The lowest BCUT2D eigenvalue weighted by atomic mass is 10.1. The molecule has 0 aromatic heterocycles. The van der Waals surface area contributed by atoms with Gasteiger partial charge in [-0.3, -0.25) is 0 Å². The number of nitriles is 1. The van der Waals surface area contributed by atoms with Crippen molar-refractivity contribution in [3.63, 3.8) is 0 Å². The molecule has 0 saturated heterocycles. The molecule has 0 radical (unpaired) electrons. The van der Waals surface area contributed by atoms with Crippen molar-refractivity contribution in [3.8, 4) is 17.6 Å². The maximum absolute atomic E-state index is 9.92. The quantitative estimate of drug-likeness (QED) is 0.892. The predicted octanol–water partition coefficient (Wildman–Crippen LogP) is 3.04. The molecule has 0 aliphatic heterocycles. The molecule has 0 fully saturated rings. The number of nitrogens with zero attached hydrogens (tertiary/aromatic N) is 1. The molecule has 0 aliphatic rings. The standard InChI is InChI=1S/C15H13NO2/c16-10-9-13-7-4-8-14(15(13)17)18-11-12-5-2-1-3-6-12/h1-8,17H,9,11H2. The Bertz CT molecular complexity index is 558. The van der Waals surface area contributed by atoms with Gasteiger partial charge in [0.25, 0.3) is 0 Å². The van der Waals surface area contributed by atoms with E-state index < -0.39 is 0 Å². The molecule has 0 unspecified atom stereocenters. The van der Waals surface area contributed by atoms with Crippen LogP contribution < -0.4 is 4.74 Å². The van der Waals surface area contributed by atoms with Crippen LogP contribution in [0.3, 0.4) is 0 Å². The van der Waals surface area contributed by atoms with E-state index in [4.69, 9.17) is 10.00 Å². The molecule has 3 nitrogen and oxygen atoms in total. The molecule has 0 bridgehead atoms. The number of phenols is 1. The molecule has 0 heterocycles. The molecule has 2 aromatic rings. The minimum Gasteiger partial charge on any atom is -0.504 e. The van der Waals surface area contributed by atoms with Gasteiger partial charge in [-0.2, -0.15) is 5.26 Å². The van der Waals surface area contributed by atoms with Crippen LogP contribution in [0.4, 0.5) is 0 Å². The van der Waals surface area contributed by atoms with Gasteiger partial charge in [0.05, 0.1) is 12.5 Å². The van der Waals surface area contributed by atoms with Crippen LogP contribution in [0.1, 0.15) is 11.1 Å². The van der Waals surface area contributed by atoms with Crippen LogP contribution in [0.2, 0.25) is 0 Å². The normalized spacial score (nSPS) is 9.72. The Morgan fingerprint density at radius 2 is 1.83 bits per heavy atom. The van der Waals surface area contributed by atoms with Gasteiger partial charge in [-0.15, -0.1) is 0 Å². The summed E-state index contributed by atoms with van der Waals surface area (Å²) in [5.41, 5.74) is 1.62. The van der Waals surface area contributed by atoms with E-state index in [1.54, 1.807) is 18.2 Å². The number of benzene rings is 2. The van der Waals surface area contributed by atoms with Crippen LogP contribution in [0.25, 0.3) is 0 Å². The number of phenolic OH excluding ortho intramolecular Hbond substituents is 1. The fourth-order valence-corrected chi connectivity index (χ4v) is 1.65. The van der Waals surface area contributed by atoms with Crippen LogP contribution in [-0.4, -0.2) is 5.11 Å². The van der Waals surface area contributed by atoms with E-state index in [1.165, 1.54) is 0 Å². The largest absolute Gasteiger partial charge is 0.504 e. The van der Waals surface area contributed by atoms with E-state index in [-0.39, 0.29) is 12.2 Å². The topological polar surface area (TPSA) is 53.2 Å². The van der Waals surface area contributed by atoms with Gasteiger partial charge in [0.1, 0.15) is 6.61 Å². The van der Waals surface area contributed by atoms with Crippen molar-refractivity contribution in [2.24, 2.45) is 0 Å². The highest BCUT2D eigenvalue weighted by Crippen LogP contribution is 2.30. The molecule has 0 spiro atoms. The molecule has 0 saturated carbocycles. The molecule has 0 amide bonds. The first-order valence-electron chi connectivity index (χ1n) is 5.66. The first-order chi connectivity index (χ1) is 8.81. The summed E-state index contributed by atoms with van der Waals surface area (Å²) < 4.78 is 5.55. The van der Waals surface area contributed by atoms with Gasteiger partial charge in [0, 0.05) is 5.56 Å². The Morgan fingerprint density at radius 1 is 1.06 bits per heavy atom. The monoisotopic (exact) mass is 239 g/mol. The highest BCUT2D eigenvalue weighted by molar-refractivity contribution is 5.46. The maximum atomic E-state index is 9.92. The SMILES string of the molecule is N#CCc1cccc(OCc2ccccc2)c1O. The third-order valence-corrected chi connectivity index (χ3v) is 2.59. The summed E-state index contributed by atoms with van der Waals surface area (Å²) in [7, 11) is 0. The lowest BCUT2D eigenvalue weighted by Gasteiger charge is -2.10. The Labute approximate surface area is 106 Å². The van der Waals surface area contributed by atoms with Crippen molar-refractivity contribution in [1.82, 2.24) is 0 Å². The molecular formula is C15H13NO2. The van der Waals surface area contributed by atoms with Crippen molar-refractivity contribution >= 4 is 0 Å². The summed E-state index contributed by atoms with van der Waals surface area (Å²) in [6, 6.07) is 16.9. The lowest BCUT2D eigenvalue weighted by molar-refractivity contribution is 0.288. The molecule has 0 atom stereocenters. The number of ether oxygens (including phenoxy) is 1. The Hall–Kier alpha value is -2.47. The highest BCUT2D eigenvalue weighted by Gasteiger charge is 2.07. The maximum Gasteiger partial charge on any atom is 0.162 e. The minimum absolute atomic E-state index is 0.0509. The zero-order valence-electron chi connectivity index (χ0n) is 9.84. The zero-order chi connectivity index (χ0) is 12.8. The van der Waals surface area contributed by atoms with Crippen LogP contribution in [0.15, 0.2) is 48.5 Å². The van der Waals surface area contributed by atoms with E-state index in [1.807, 2.05) is 36.4 Å². The second kappa shape index (κ2) is 5.74. The first-order valence-corrected chi connectivity index (χ1v) is 5.66. The fraction of sp³-hybridized carbons (Fsp3) is 0.133. The molecule has 1 N–H and O–H groups in total. The summed E-state index contributed by atoms with van der Waals surface area (Å²) in [6.07, 6.45) is 0.175. The Kier molecular flexibility index (Phi) is 3.83. The lowest BCUT2D eigenvalue weighted by Crippen LogP contribution is -1.96. The predicted molar refractivity (Wildman–Crippen MR) is 68.2 cm³/mol. The molecular weight excluding hydrogens is 226 g/mol. The van der Waals surface area contributed by atoms with Crippen LogP contribution in [0, 0.1) is 11.3 Å². The number of para-hydroxylation sites is 1. The van der Waals surface area contributed by atoms with E-state index in [9.17, 15) is 5.11 Å². The number of rotatable bonds is 4. The van der Waals surface area contributed by atoms with Crippen molar-refractivity contribution in [3.05, 3.63) is 59.7 Å². The van der Waals surface area contributed by atoms with Gasteiger partial charge in [-0.1, -0.05) is 42.5 Å². The Morgan fingerprint density at radius 3 is 2.56 bits per heavy atom. The highest BCUT2D eigenvalue weighted by atomic mass is 16.5. The smallest absolute Gasteiger partial charge is 0.162 e. The number of hydrogen-bond donors (Lipinski definition) is 1.